The van der Waals surface area contributed by atoms with E-state index in [9.17, 15) is 4.21 Å². The van der Waals surface area contributed by atoms with Gasteiger partial charge in [-0.25, -0.2) is 9.20 Å². The molecule has 2 rings (SSSR count). The molecule has 2 heterocycles. The second-order valence-electron chi connectivity index (χ2n) is 2.02. The van der Waals surface area contributed by atoms with Crippen LogP contribution in [0.15, 0.2) is 17.3 Å². The predicted molar refractivity (Wildman–Crippen MR) is 43.6 cm³/mol. The van der Waals surface area contributed by atoms with Crippen molar-refractivity contribution in [2.24, 2.45) is 4.99 Å². The third-order valence-corrected chi connectivity index (χ3v) is 2.54. The Morgan fingerprint density at radius 1 is 1.70 bits per heavy atom. The van der Waals surface area contributed by atoms with Crippen molar-refractivity contribution in [2.75, 3.05) is 6.54 Å². The van der Waals surface area contributed by atoms with E-state index >= 15 is 0 Å². The van der Waals surface area contributed by atoms with Crippen molar-refractivity contribution in [3.8, 4) is 0 Å². The highest BCUT2D eigenvalue weighted by molar-refractivity contribution is 7.84. The second-order valence-corrected chi connectivity index (χ2v) is 3.31. The van der Waals surface area contributed by atoms with Gasteiger partial charge in [-0.3, -0.25) is 0 Å². The molecule has 0 N–H and O–H groups in total. The first-order chi connectivity index (χ1) is 4.88. The number of hydrogen-bond donors (Lipinski definition) is 0. The van der Waals surface area contributed by atoms with Crippen LogP contribution in [0.5, 0.6) is 0 Å². The third kappa shape index (κ3) is 0.690. The molecule has 0 aliphatic carbocycles. The monoisotopic (exact) mass is 154 g/mol. The summed E-state index contributed by atoms with van der Waals surface area (Å²) in [7, 11) is -0.971. The Morgan fingerprint density at radius 3 is 3.40 bits per heavy atom. The molecule has 0 aromatic heterocycles. The Hall–Kier alpha value is -1.03. The fourth-order valence-corrected chi connectivity index (χ4v) is 1.89. The summed E-state index contributed by atoms with van der Waals surface area (Å²) in [6.07, 6.45) is 5.37. The van der Waals surface area contributed by atoms with E-state index in [4.69, 9.17) is 0 Å². The summed E-state index contributed by atoms with van der Waals surface area (Å²) in [4.78, 5) is 5.84. The molecule has 3 nitrogen and oxygen atoms in total. The minimum absolute atomic E-state index is 0.655. The van der Waals surface area contributed by atoms with Crippen LogP contribution in [0.25, 0.3) is 0 Å². The van der Waals surface area contributed by atoms with E-state index in [1.807, 2.05) is 17.2 Å². The second kappa shape index (κ2) is 1.98. The first kappa shape index (κ1) is 5.73. The molecule has 0 aromatic carbocycles. The van der Waals surface area contributed by atoms with Crippen LogP contribution in [0.3, 0.4) is 0 Å². The minimum atomic E-state index is -0.971. The summed E-state index contributed by atoms with van der Waals surface area (Å²) in [6, 6.07) is 0. The Balaban J connectivity index is 2.59. The normalized spacial score (nSPS) is 21.4. The molecule has 0 saturated heterocycles. The van der Waals surface area contributed by atoms with Crippen LogP contribution in [0.4, 0.5) is 0 Å². The molecule has 0 aromatic rings. The molecule has 2 aliphatic rings. The van der Waals surface area contributed by atoms with Gasteiger partial charge in [-0.2, -0.15) is 0 Å². The van der Waals surface area contributed by atoms with Gasteiger partial charge in [0.25, 0.3) is 0 Å². The van der Waals surface area contributed by atoms with Crippen LogP contribution in [-0.4, -0.2) is 32.3 Å². The lowest BCUT2D eigenvalue weighted by molar-refractivity contribution is 0.654. The fourth-order valence-electron chi connectivity index (χ4n) is 0.916. The molecule has 10 heavy (non-hydrogen) atoms. The maximum absolute atomic E-state index is 11.0. The van der Waals surface area contributed by atoms with Crippen LogP contribution in [0, 0.1) is 0 Å². The highest BCUT2D eigenvalue weighted by Crippen LogP contribution is 2.00. The maximum atomic E-state index is 11.0. The van der Waals surface area contributed by atoms with Gasteiger partial charge in [-0.05, 0) is 6.08 Å². The zero-order valence-electron chi connectivity index (χ0n) is 5.23. The van der Waals surface area contributed by atoms with Crippen LogP contribution >= 0.6 is 0 Å². The molecule has 52 valence electrons. The standard InChI is InChI=1S/C6H6N2OS/c9-10-5-4-8-3-1-2-7-6(8)10/h1-3,5H,4H2. The molecule has 2 aliphatic heterocycles. The van der Waals surface area contributed by atoms with Crippen molar-refractivity contribution in [3.05, 3.63) is 12.3 Å². The molecule has 0 radical (unpaired) electrons. The summed E-state index contributed by atoms with van der Waals surface area (Å²) in [5.74, 6) is 0. The van der Waals surface area contributed by atoms with Gasteiger partial charge < -0.3 is 4.90 Å². The SMILES string of the molecule is O=S1=CCN2C=CC=NC=12. The Morgan fingerprint density at radius 2 is 2.60 bits per heavy atom. The van der Waals surface area contributed by atoms with E-state index in [0.717, 1.165) is 6.54 Å². The quantitative estimate of drug-likeness (QED) is 0.442. The predicted octanol–water partition coefficient (Wildman–Crippen LogP) is -0.462. The summed E-state index contributed by atoms with van der Waals surface area (Å²) >= 11 is 0. The van der Waals surface area contributed by atoms with Crippen molar-refractivity contribution in [2.45, 2.75) is 0 Å². The van der Waals surface area contributed by atoms with Gasteiger partial charge in [0.1, 0.15) is 0 Å². The first-order valence-corrected chi connectivity index (χ1v) is 4.17. The van der Waals surface area contributed by atoms with E-state index in [0.29, 0.717) is 5.11 Å². The van der Waals surface area contributed by atoms with Crippen molar-refractivity contribution < 1.29 is 4.21 Å². The molecular weight excluding hydrogens is 148 g/mol. The van der Waals surface area contributed by atoms with Gasteiger partial charge in [0.15, 0.2) is 0 Å². The minimum Gasteiger partial charge on any atom is -0.318 e. The number of aliphatic imine (C=N–C) groups is 1. The number of hydrogen-bond acceptors (Lipinski definition) is 3. The van der Waals surface area contributed by atoms with Crippen LogP contribution in [-0.2, 0) is 9.98 Å². The van der Waals surface area contributed by atoms with Crippen LogP contribution in [0.2, 0.25) is 0 Å². The first-order valence-electron chi connectivity index (χ1n) is 2.96. The Bertz CT molecular complexity index is 350. The summed E-state index contributed by atoms with van der Waals surface area (Å²) in [5.41, 5.74) is 0. The zero-order chi connectivity index (χ0) is 6.97. The molecule has 4 heteroatoms. The molecule has 0 amide bonds. The van der Waals surface area contributed by atoms with Gasteiger partial charge in [0.05, 0.1) is 6.54 Å². The molecule has 0 fully saturated rings. The van der Waals surface area contributed by atoms with Gasteiger partial charge >= 0.3 is 0 Å². The molecular formula is C6H6N2OS. The molecule has 0 spiro atoms. The van der Waals surface area contributed by atoms with E-state index < -0.39 is 9.98 Å². The highest BCUT2D eigenvalue weighted by Gasteiger charge is 2.12. The fraction of sp³-hybridized carbons (Fsp3) is 0.167. The molecule has 0 saturated carbocycles. The van der Waals surface area contributed by atoms with Gasteiger partial charge in [0.2, 0.25) is 5.11 Å². The van der Waals surface area contributed by atoms with E-state index in [-0.39, 0.29) is 0 Å². The number of rotatable bonds is 0. The molecule has 0 bridgehead atoms. The van der Waals surface area contributed by atoms with E-state index in [1.54, 1.807) is 11.6 Å². The van der Waals surface area contributed by atoms with Crippen molar-refractivity contribution >= 4 is 26.7 Å². The van der Waals surface area contributed by atoms with Gasteiger partial charge in [-0.15, -0.1) is 0 Å². The lowest BCUT2D eigenvalue weighted by atomic mass is 10.5. The number of allylic oxidation sites excluding steroid dienone is 1. The van der Waals surface area contributed by atoms with Crippen molar-refractivity contribution in [3.63, 3.8) is 0 Å². The van der Waals surface area contributed by atoms with Crippen molar-refractivity contribution in [1.29, 1.82) is 0 Å². The average molecular weight is 154 g/mol. The zero-order valence-corrected chi connectivity index (χ0v) is 6.04. The number of fused-ring (bicyclic) bond motifs is 1. The average Bonchev–Trinajstić information content (AvgIpc) is 2.34. The van der Waals surface area contributed by atoms with E-state index in [2.05, 4.69) is 4.99 Å². The Labute approximate surface area is 60.3 Å². The van der Waals surface area contributed by atoms with Gasteiger partial charge in [0, 0.05) is 27.8 Å². The van der Waals surface area contributed by atoms with E-state index in [1.165, 1.54) is 0 Å². The summed E-state index contributed by atoms with van der Waals surface area (Å²) in [6.45, 7) is 0.718. The lowest BCUT2D eigenvalue weighted by Gasteiger charge is -2.13. The van der Waals surface area contributed by atoms with Crippen LogP contribution in [0.1, 0.15) is 0 Å². The maximum Gasteiger partial charge on any atom is 0.216 e. The summed E-state index contributed by atoms with van der Waals surface area (Å²) < 4.78 is 11.0. The number of nitrogens with zero attached hydrogens (tertiary/aromatic N) is 2. The van der Waals surface area contributed by atoms with Crippen LogP contribution < -0.4 is 0 Å². The highest BCUT2D eigenvalue weighted by atomic mass is 32.1. The smallest absolute Gasteiger partial charge is 0.216 e. The largest absolute Gasteiger partial charge is 0.318 e. The summed E-state index contributed by atoms with van der Waals surface area (Å²) in [5, 5.41) is 2.39. The lowest BCUT2D eigenvalue weighted by Crippen LogP contribution is -2.23. The topological polar surface area (TPSA) is 32.7 Å². The third-order valence-electron chi connectivity index (χ3n) is 1.39. The van der Waals surface area contributed by atoms with Crippen molar-refractivity contribution in [1.82, 2.24) is 4.90 Å². The van der Waals surface area contributed by atoms with Gasteiger partial charge in [-0.1, -0.05) is 0 Å². The molecule has 0 atom stereocenters. The Kier molecular flexibility index (Phi) is 1.14. The molecule has 0 unspecified atom stereocenters.